The van der Waals surface area contributed by atoms with Crippen molar-refractivity contribution >= 4 is 23.4 Å². The Morgan fingerprint density at radius 1 is 1.06 bits per heavy atom. The van der Waals surface area contributed by atoms with E-state index in [0.29, 0.717) is 11.6 Å². The van der Waals surface area contributed by atoms with Crippen molar-refractivity contribution in [3.8, 4) is 0 Å². The third-order valence-corrected chi connectivity index (χ3v) is 3.58. The molecule has 0 atom stereocenters. The standard InChI is InChI=1S/C13H13ClN2S/c14-12-5-6-13(16-8-12)17-9-11-3-1-10(7-15)2-4-11/h1-6,8H,7,9,15H2. The summed E-state index contributed by atoms with van der Waals surface area (Å²) in [7, 11) is 0. The zero-order valence-corrected chi connectivity index (χ0v) is 10.8. The highest BCUT2D eigenvalue weighted by atomic mass is 35.5. The first-order valence-corrected chi connectivity index (χ1v) is 6.66. The molecule has 0 spiro atoms. The van der Waals surface area contributed by atoms with Gasteiger partial charge in [0, 0.05) is 18.5 Å². The zero-order chi connectivity index (χ0) is 12.1. The quantitative estimate of drug-likeness (QED) is 0.860. The van der Waals surface area contributed by atoms with E-state index in [2.05, 4.69) is 29.2 Å². The van der Waals surface area contributed by atoms with Gasteiger partial charge in [-0.3, -0.25) is 0 Å². The number of aromatic nitrogens is 1. The second-order valence-electron chi connectivity index (χ2n) is 3.62. The minimum atomic E-state index is 0.589. The third-order valence-electron chi connectivity index (χ3n) is 2.35. The van der Waals surface area contributed by atoms with Crippen LogP contribution in [0.4, 0.5) is 0 Å². The number of rotatable bonds is 4. The van der Waals surface area contributed by atoms with Crippen LogP contribution in [0.1, 0.15) is 11.1 Å². The minimum Gasteiger partial charge on any atom is -0.326 e. The van der Waals surface area contributed by atoms with E-state index in [-0.39, 0.29) is 0 Å². The van der Waals surface area contributed by atoms with Crippen LogP contribution < -0.4 is 5.73 Å². The van der Waals surface area contributed by atoms with Gasteiger partial charge < -0.3 is 5.73 Å². The van der Waals surface area contributed by atoms with Crippen LogP contribution in [-0.4, -0.2) is 4.98 Å². The Morgan fingerprint density at radius 3 is 2.35 bits per heavy atom. The van der Waals surface area contributed by atoms with E-state index in [4.69, 9.17) is 17.3 Å². The minimum absolute atomic E-state index is 0.589. The van der Waals surface area contributed by atoms with Crippen LogP contribution >= 0.6 is 23.4 Å². The van der Waals surface area contributed by atoms with Gasteiger partial charge in [-0.15, -0.1) is 11.8 Å². The number of hydrogen-bond donors (Lipinski definition) is 1. The van der Waals surface area contributed by atoms with Gasteiger partial charge in [0.25, 0.3) is 0 Å². The molecular weight excluding hydrogens is 252 g/mol. The Kier molecular flexibility index (Phi) is 4.42. The first kappa shape index (κ1) is 12.4. The number of hydrogen-bond acceptors (Lipinski definition) is 3. The number of halogens is 1. The summed E-state index contributed by atoms with van der Waals surface area (Å²) in [6.07, 6.45) is 1.67. The van der Waals surface area contributed by atoms with Crippen LogP contribution in [0.5, 0.6) is 0 Å². The molecule has 0 aliphatic carbocycles. The predicted octanol–water partition coefficient (Wildman–Crippen LogP) is 3.49. The number of thioether (sulfide) groups is 1. The largest absolute Gasteiger partial charge is 0.326 e. The van der Waals surface area contributed by atoms with E-state index in [9.17, 15) is 0 Å². The maximum atomic E-state index is 5.78. The molecule has 0 fully saturated rings. The van der Waals surface area contributed by atoms with Gasteiger partial charge in [-0.2, -0.15) is 0 Å². The van der Waals surface area contributed by atoms with Gasteiger partial charge in [0.15, 0.2) is 0 Å². The summed E-state index contributed by atoms with van der Waals surface area (Å²) in [6.45, 7) is 0.589. The molecule has 1 aromatic carbocycles. The number of benzene rings is 1. The summed E-state index contributed by atoms with van der Waals surface area (Å²) >= 11 is 7.47. The monoisotopic (exact) mass is 264 g/mol. The molecule has 0 radical (unpaired) electrons. The Bertz CT molecular complexity index is 468. The average molecular weight is 265 g/mol. The molecule has 0 saturated heterocycles. The molecule has 2 N–H and O–H groups in total. The van der Waals surface area contributed by atoms with Crippen molar-refractivity contribution in [1.29, 1.82) is 0 Å². The first-order chi connectivity index (χ1) is 8.28. The van der Waals surface area contributed by atoms with E-state index in [0.717, 1.165) is 16.3 Å². The summed E-state index contributed by atoms with van der Waals surface area (Å²) in [5.41, 5.74) is 7.97. The number of pyridine rings is 1. The molecule has 88 valence electrons. The van der Waals surface area contributed by atoms with E-state index in [1.807, 2.05) is 12.1 Å². The fraction of sp³-hybridized carbons (Fsp3) is 0.154. The maximum Gasteiger partial charge on any atom is 0.0964 e. The molecule has 0 unspecified atom stereocenters. The van der Waals surface area contributed by atoms with Crippen molar-refractivity contribution in [2.75, 3.05) is 0 Å². The van der Waals surface area contributed by atoms with Crippen molar-refractivity contribution in [3.63, 3.8) is 0 Å². The molecule has 0 amide bonds. The number of nitrogens with zero attached hydrogens (tertiary/aromatic N) is 1. The van der Waals surface area contributed by atoms with Crippen LogP contribution in [0, 0.1) is 0 Å². The molecule has 2 aromatic rings. The van der Waals surface area contributed by atoms with Gasteiger partial charge in [0.1, 0.15) is 0 Å². The van der Waals surface area contributed by atoms with E-state index < -0.39 is 0 Å². The SMILES string of the molecule is NCc1ccc(CSc2ccc(Cl)cn2)cc1. The average Bonchev–Trinajstić information content (AvgIpc) is 2.39. The number of nitrogens with two attached hydrogens (primary N) is 1. The smallest absolute Gasteiger partial charge is 0.0964 e. The van der Waals surface area contributed by atoms with Crippen LogP contribution in [0.15, 0.2) is 47.6 Å². The highest BCUT2D eigenvalue weighted by Crippen LogP contribution is 2.21. The Labute approximate surface area is 110 Å². The van der Waals surface area contributed by atoms with Crippen LogP contribution in [0.2, 0.25) is 5.02 Å². The predicted molar refractivity (Wildman–Crippen MR) is 73.1 cm³/mol. The van der Waals surface area contributed by atoms with Gasteiger partial charge in [-0.1, -0.05) is 35.9 Å². The second kappa shape index (κ2) is 6.05. The van der Waals surface area contributed by atoms with Crippen molar-refractivity contribution in [3.05, 3.63) is 58.7 Å². The molecule has 2 rings (SSSR count). The Morgan fingerprint density at radius 2 is 1.76 bits per heavy atom. The summed E-state index contributed by atoms with van der Waals surface area (Å²) in [5.74, 6) is 0.902. The van der Waals surface area contributed by atoms with Gasteiger partial charge in [-0.25, -0.2) is 4.98 Å². The van der Waals surface area contributed by atoms with Crippen molar-refractivity contribution < 1.29 is 0 Å². The lowest BCUT2D eigenvalue weighted by Gasteiger charge is -2.02. The van der Waals surface area contributed by atoms with E-state index >= 15 is 0 Å². The molecule has 0 aliphatic rings. The molecule has 1 heterocycles. The fourth-order valence-electron chi connectivity index (χ4n) is 1.38. The highest BCUT2D eigenvalue weighted by molar-refractivity contribution is 7.98. The second-order valence-corrected chi connectivity index (χ2v) is 5.06. The van der Waals surface area contributed by atoms with Crippen molar-refractivity contribution in [2.24, 2.45) is 5.73 Å². The van der Waals surface area contributed by atoms with Crippen LogP contribution in [0.25, 0.3) is 0 Å². The summed E-state index contributed by atoms with van der Waals surface area (Å²) in [6, 6.07) is 12.1. The topological polar surface area (TPSA) is 38.9 Å². The summed E-state index contributed by atoms with van der Waals surface area (Å²) < 4.78 is 0. The molecule has 0 bridgehead atoms. The summed E-state index contributed by atoms with van der Waals surface area (Å²) in [5, 5.41) is 1.65. The first-order valence-electron chi connectivity index (χ1n) is 5.30. The molecule has 0 saturated carbocycles. The van der Waals surface area contributed by atoms with Gasteiger partial charge >= 0.3 is 0 Å². The normalized spacial score (nSPS) is 10.5. The Balaban J connectivity index is 1.95. The lowest BCUT2D eigenvalue weighted by atomic mass is 10.1. The van der Waals surface area contributed by atoms with Crippen molar-refractivity contribution in [1.82, 2.24) is 4.98 Å². The molecule has 2 nitrogen and oxygen atoms in total. The van der Waals surface area contributed by atoms with Gasteiger partial charge in [0.05, 0.1) is 10.0 Å². The fourth-order valence-corrected chi connectivity index (χ4v) is 2.29. The molecule has 17 heavy (non-hydrogen) atoms. The van der Waals surface area contributed by atoms with E-state index in [1.54, 1.807) is 18.0 Å². The maximum absolute atomic E-state index is 5.78. The zero-order valence-electron chi connectivity index (χ0n) is 9.27. The molecular formula is C13H13ClN2S. The molecule has 1 aromatic heterocycles. The van der Waals surface area contributed by atoms with Crippen LogP contribution in [-0.2, 0) is 12.3 Å². The van der Waals surface area contributed by atoms with Gasteiger partial charge in [0.2, 0.25) is 0 Å². The molecule has 0 aliphatic heterocycles. The van der Waals surface area contributed by atoms with Gasteiger partial charge in [-0.05, 0) is 23.3 Å². The highest BCUT2D eigenvalue weighted by Gasteiger charge is 1.98. The lowest BCUT2D eigenvalue weighted by molar-refractivity contribution is 1.07. The van der Waals surface area contributed by atoms with Crippen molar-refractivity contribution in [2.45, 2.75) is 17.3 Å². The Hall–Kier alpha value is -1.03. The third kappa shape index (κ3) is 3.73. The van der Waals surface area contributed by atoms with E-state index in [1.165, 1.54) is 5.56 Å². The van der Waals surface area contributed by atoms with Crippen LogP contribution in [0.3, 0.4) is 0 Å². The lowest BCUT2D eigenvalue weighted by Crippen LogP contribution is -1.95. The molecule has 4 heteroatoms. The summed E-state index contributed by atoms with van der Waals surface area (Å²) in [4.78, 5) is 4.24.